The molecule has 1 heterocycles. The Bertz CT molecular complexity index is 1580. The van der Waals surface area contributed by atoms with E-state index in [9.17, 15) is 24.3 Å². The van der Waals surface area contributed by atoms with Gasteiger partial charge >= 0.3 is 24.1 Å². The molecular weight excluding hydrogens is 612 g/mol. The number of aliphatic carboxylic acids is 1. The monoisotopic (exact) mass is 656 g/mol. The highest BCUT2D eigenvalue weighted by Crippen LogP contribution is 2.44. The number of piperazine rings is 1. The van der Waals surface area contributed by atoms with Gasteiger partial charge in [-0.15, -0.1) is 0 Å². The van der Waals surface area contributed by atoms with E-state index in [0.29, 0.717) is 32.7 Å². The van der Waals surface area contributed by atoms with Crippen LogP contribution in [0.1, 0.15) is 48.9 Å². The average Bonchev–Trinajstić information content (AvgIpc) is 3.38. The molecule has 11 nitrogen and oxygen atoms in total. The summed E-state index contributed by atoms with van der Waals surface area (Å²) in [7, 11) is 1.44. The van der Waals surface area contributed by atoms with Crippen molar-refractivity contribution < 1.29 is 33.8 Å². The fourth-order valence-corrected chi connectivity index (χ4v) is 6.18. The van der Waals surface area contributed by atoms with Gasteiger partial charge in [0.2, 0.25) is 0 Å². The molecule has 3 amide bonds. The van der Waals surface area contributed by atoms with Gasteiger partial charge < -0.3 is 24.8 Å². The van der Waals surface area contributed by atoms with Gasteiger partial charge in [-0.3, -0.25) is 14.6 Å². The highest BCUT2D eigenvalue weighted by Gasteiger charge is 2.32. The molecular formula is C37H44N4O7. The Balaban J connectivity index is 1.09. The molecule has 5 rings (SSSR count). The normalized spacial score (nSPS) is 15.2. The number of carboxylic acids is 1. The molecule has 1 atom stereocenters. The first-order valence-electron chi connectivity index (χ1n) is 16.2. The molecule has 11 heteroatoms. The van der Waals surface area contributed by atoms with Gasteiger partial charge in [-0.1, -0.05) is 72.8 Å². The van der Waals surface area contributed by atoms with E-state index in [1.54, 1.807) is 17.0 Å². The van der Waals surface area contributed by atoms with Crippen LogP contribution in [0.25, 0.3) is 11.1 Å². The summed E-state index contributed by atoms with van der Waals surface area (Å²) in [5.74, 6) is -1.53. The number of urea groups is 1. The first-order chi connectivity index (χ1) is 22.9. The second kappa shape index (κ2) is 14.9. The number of ether oxygens (including phenoxy) is 2. The molecule has 0 unspecified atom stereocenters. The fourth-order valence-electron chi connectivity index (χ4n) is 6.18. The lowest BCUT2D eigenvalue weighted by Crippen LogP contribution is -2.52. The van der Waals surface area contributed by atoms with Gasteiger partial charge in [0.1, 0.15) is 18.2 Å². The van der Waals surface area contributed by atoms with Crippen molar-refractivity contribution in [3.8, 4) is 11.1 Å². The zero-order valence-electron chi connectivity index (χ0n) is 28.0. The van der Waals surface area contributed by atoms with Gasteiger partial charge in [0.15, 0.2) is 0 Å². The van der Waals surface area contributed by atoms with Gasteiger partial charge in [-0.05, 0) is 54.2 Å². The molecule has 48 heavy (non-hydrogen) atoms. The molecule has 0 spiro atoms. The number of fused-ring (bicyclic) bond motifs is 3. The SMILES string of the molecule is CN(C(=O)OCC1c2ccccc2-c2ccccc21)[C@H](Cc1ccc(CNC(=O)N2CCN(CC(=O)OC(C)(C)C)CC2)cc1)C(=O)O. The van der Waals surface area contributed by atoms with E-state index in [0.717, 1.165) is 38.3 Å². The summed E-state index contributed by atoms with van der Waals surface area (Å²) >= 11 is 0. The highest BCUT2D eigenvalue weighted by molar-refractivity contribution is 5.81. The minimum Gasteiger partial charge on any atom is -0.480 e. The molecule has 3 aromatic carbocycles. The molecule has 3 aromatic rings. The van der Waals surface area contributed by atoms with Crippen molar-refractivity contribution in [2.75, 3.05) is 46.4 Å². The topological polar surface area (TPSA) is 129 Å². The number of nitrogens with zero attached hydrogens (tertiary/aromatic N) is 3. The van der Waals surface area contributed by atoms with Gasteiger partial charge in [0.05, 0.1) is 6.54 Å². The van der Waals surface area contributed by atoms with Crippen LogP contribution in [0, 0.1) is 0 Å². The van der Waals surface area contributed by atoms with Gasteiger partial charge in [-0.25, -0.2) is 14.4 Å². The van der Waals surface area contributed by atoms with Crippen LogP contribution in [0.3, 0.4) is 0 Å². The number of carbonyl (C=O) groups is 4. The quantitative estimate of drug-likeness (QED) is 0.300. The van der Waals surface area contributed by atoms with Crippen molar-refractivity contribution in [3.05, 3.63) is 95.1 Å². The standard InChI is InChI=1S/C37H44N4O7/c1-37(2,3)48-33(42)23-40-17-19-41(20-18-40)35(45)38-22-26-15-13-25(14-16-26)21-32(34(43)44)39(4)36(46)47-24-31-29-11-7-5-9-27(29)28-10-6-8-12-30(28)31/h5-16,31-32H,17-24H2,1-4H3,(H,38,45)(H,43,44)/t32-/m1/s1. The lowest BCUT2D eigenvalue weighted by atomic mass is 9.98. The molecule has 0 saturated carbocycles. The van der Waals surface area contributed by atoms with E-state index in [-0.39, 0.29) is 37.5 Å². The number of benzene rings is 3. The van der Waals surface area contributed by atoms with Gasteiger partial charge in [-0.2, -0.15) is 0 Å². The van der Waals surface area contributed by atoms with Crippen LogP contribution in [-0.2, 0) is 32.0 Å². The summed E-state index contributed by atoms with van der Waals surface area (Å²) < 4.78 is 11.1. The molecule has 1 aliphatic carbocycles. The lowest BCUT2D eigenvalue weighted by Gasteiger charge is -2.34. The summed E-state index contributed by atoms with van der Waals surface area (Å²) in [5, 5.41) is 12.9. The van der Waals surface area contributed by atoms with Crippen LogP contribution in [0.5, 0.6) is 0 Å². The molecule has 0 aromatic heterocycles. The predicted octanol–water partition coefficient (Wildman–Crippen LogP) is 4.73. The van der Waals surface area contributed by atoms with Crippen molar-refractivity contribution in [1.82, 2.24) is 20.0 Å². The smallest absolute Gasteiger partial charge is 0.410 e. The van der Waals surface area contributed by atoms with Crippen LogP contribution in [0.15, 0.2) is 72.8 Å². The zero-order chi connectivity index (χ0) is 34.4. The number of hydrogen-bond acceptors (Lipinski definition) is 7. The number of hydrogen-bond donors (Lipinski definition) is 2. The Morgan fingerprint density at radius 2 is 1.44 bits per heavy atom. The average molecular weight is 657 g/mol. The Morgan fingerprint density at radius 1 is 0.875 bits per heavy atom. The molecule has 1 fully saturated rings. The maximum atomic E-state index is 13.1. The maximum Gasteiger partial charge on any atom is 0.410 e. The number of nitrogens with one attached hydrogen (secondary N) is 1. The minimum absolute atomic E-state index is 0.0935. The van der Waals surface area contributed by atoms with E-state index in [1.165, 1.54) is 7.05 Å². The molecule has 2 N–H and O–H groups in total. The third-order valence-corrected chi connectivity index (χ3v) is 8.70. The van der Waals surface area contributed by atoms with Crippen LogP contribution in [0.4, 0.5) is 9.59 Å². The van der Waals surface area contributed by atoms with E-state index < -0.39 is 23.7 Å². The first kappa shape index (κ1) is 34.4. The maximum absolute atomic E-state index is 13.1. The van der Waals surface area contributed by atoms with Crippen LogP contribution in [-0.4, -0.2) is 102 Å². The second-order valence-electron chi connectivity index (χ2n) is 13.3. The predicted molar refractivity (Wildman–Crippen MR) is 180 cm³/mol. The molecule has 0 radical (unpaired) electrons. The van der Waals surface area contributed by atoms with Crippen LogP contribution < -0.4 is 5.32 Å². The first-order valence-corrected chi connectivity index (χ1v) is 16.2. The van der Waals surface area contributed by atoms with Crippen molar-refractivity contribution >= 4 is 24.1 Å². The highest BCUT2D eigenvalue weighted by atomic mass is 16.6. The van der Waals surface area contributed by atoms with E-state index in [4.69, 9.17) is 9.47 Å². The van der Waals surface area contributed by atoms with Crippen molar-refractivity contribution in [1.29, 1.82) is 0 Å². The Morgan fingerprint density at radius 3 is 2.00 bits per heavy atom. The Kier molecular flexibility index (Phi) is 10.7. The largest absolute Gasteiger partial charge is 0.480 e. The lowest BCUT2D eigenvalue weighted by molar-refractivity contribution is -0.156. The third-order valence-electron chi connectivity index (χ3n) is 8.70. The van der Waals surface area contributed by atoms with Crippen molar-refractivity contribution in [2.45, 2.75) is 51.3 Å². The number of rotatable bonds is 10. The molecule has 254 valence electrons. The minimum atomic E-state index is -1.13. The number of likely N-dealkylation sites (N-methyl/N-ethyl adjacent to an activating group) is 1. The Labute approximate surface area is 281 Å². The summed E-state index contributed by atoms with van der Waals surface area (Å²) in [6, 6.07) is 22.0. The second-order valence-corrected chi connectivity index (χ2v) is 13.3. The zero-order valence-corrected chi connectivity index (χ0v) is 28.0. The number of esters is 1. The summed E-state index contributed by atoms with van der Waals surface area (Å²) in [6.45, 7) is 8.27. The van der Waals surface area contributed by atoms with Crippen molar-refractivity contribution in [3.63, 3.8) is 0 Å². The van der Waals surface area contributed by atoms with E-state index in [2.05, 4.69) is 17.4 Å². The molecule has 0 bridgehead atoms. The van der Waals surface area contributed by atoms with Gasteiger partial charge in [0.25, 0.3) is 0 Å². The fraction of sp³-hybridized carbons (Fsp3) is 0.405. The van der Waals surface area contributed by atoms with Crippen LogP contribution >= 0.6 is 0 Å². The van der Waals surface area contributed by atoms with E-state index in [1.807, 2.05) is 74.2 Å². The summed E-state index contributed by atoms with van der Waals surface area (Å²) in [5.41, 5.74) is 5.45. The summed E-state index contributed by atoms with van der Waals surface area (Å²) in [6.07, 6.45) is -0.606. The third kappa shape index (κ3) is 8.51. The number of carbonyl (C=O) groups excluding carboxylic acids is 3. The number of carboxylic acid groups (broad SMARTS) is 1. The summed E-state index contributed by atoms with van der Waals surface area (Å²) in [4.78, 5) is 55.0. The van der Waals surface area contributed by atoms with Gasteiger partial charge in [0, 0.05) is 52.1 Å². The van der Waals surface area contributed by atoms with E-state index >= 15 is 0 Å². The molecule has 2 aliphatic rings. The molecule has 1 saturated heterocycles. The number of amides is 3. The molecule has 1 aliphatic heterocycles. The Hall–Kier alpha value is -4.90. The van der Waals surface area contributed by atoms with Crippen LogP contribution in [0.2, 0.25) is 0 Å². The van der Waals surface area contributed by atoms with Crippen molar-refractivity contribution in [2.24, 2.45) is 0 Å².